The monoisotopic (exact) mass is 408 g/mol. The van der Waals surface area contributed by atoms with Crippen molar-refractivity contribution in [2.75, 3.05) is 7.11 Å². The lowest BCUT2D eigenvalue weighted by molar-refractivity contribution is 0.0920. The van der Waals surface area contributed by atoms with Crippen molar-refractivity contribution in [1.82, 2.24) is 10.6 Å². The van der Waals surface area contributed by atoms with Crippen LogP contribution in [0, 0.1) is 11.6 Å². The number of piperidine rings is 1. The Balaban J connectivity index is 0.00000225. The minimum Gasteiger partial charge on any atom is -0.497 e. The Kier molecular flexibility index (Phi) is 6.20. The van der Waals surface area contributed by atoms with Gasteiger partial charge < -0.3 is 15.4 Å². The van der Waals surface area contributed by atoms with Crippen LogP contribution in [0.4, 0.5) is 8.78 Å². The van der Waals surface area contributed by atoms with Crippen molar-refractivity contribution in [2.45, 2.75) is 43.8 Å². The van der Waals surface area contributed by atoms with Crippen molar-refractivity contribution in [3.63, 3.8) is 0 Å². The predicted molar refractivity (Wildman–Crippen MR) is 106 cm³/mol. The van der Waals surface area contributed by atoms with E-state index in [1.54, 1.807) is 12.1 Å². The van der Waals surface area contributed by atoms with E-state index in [1.807, 2.05) is 0 Å². The molecule has 150 valence electrons. The van der Waals surface area contributed by atoms with Crippen LogP contribution in [0.15, 0.2) is 36.4 Å². The first kappa shape index (κ1) is 20.6. The fourth-order valence-corrected chi connectivity index (χ4v) is 4.16. The summed E-state index contributed by atoms with van der Waals surface area (Å²) in [6.45, 7) is 0. The van der Waals surface area contributed by atoms with E-state index in [2.05, 4.69) is 10.6 Å². The number of halogens is 3. The van der Waals surface area contributed by atoms with Crippen LogP contribution in [0.25, 0.3) is 11.1 Å². The van der Waals surface area contributed by atoms with Crippen molar-refractivity contribution >= 4 is 18.3 Å². The van der Waals surface area contributed by atoms with Crippen LogP contribution in [0.5, 0.6) is 5.75 Å². The molecule has 2 aromatic carbocycles. The number of rotatable bonds is 4. The van der Waals surface area contributed by atoms with Crippen LogP contribution in [0.3, 0.4) is 0 Å². The highest BCUT2D eigenvalue weighted by molar-refractivity contribution is 5.95. The minimum absolute atomic E-state index is 0. The molecule has 4 rings (SSSR count). The van der Waals surface area contributed by atoms with Gasteiger partial charge in [-0.3, -0.25) is 4.79 Å². The van der Waals surface area contributed by atoms with Gasteiger partial charge in [0.25, 0.3) is 5.91 Å². The van der Waals surface area contributed by atoms with E-state index in [9.17, 15) is 13.6 Å². The lowest BCUT2D eigenvalue weighted by Gasteiger charge is -2.29. The Morgan fingerprint density at radius 2 is 1.79 bits per heavy atom. The molecule has 7 heteroatoms. The highest BCUT2D eigenvalue weighted by atomic mass is 35.5. The molecule has 2 aliphatic heterocycles. The Morgan fingerprint density at radius 3 is 2.39 bits per heavy atom. The average molecular weight is 409 g/mol. The zero-order valence-electron chi connectivity index (χ0n) is 15.5. The van der Waals surface area contributed by atoms with Crippen molar-refractivity contribution in [2.24, 2.45) is 0 Å². The maximum absolute atomic E-state index is 14.6. The molecule has 2 N–H and O–H groups in total. The molecule has 28 heavy (non-hydrogen) atoms. The van der Waals surface area contributed by atoms with Gasteiger partial charge in [-0.15, -0.1) is 12.4 Å². The summed E-state index contributed by atoms with van der Waals surface area (Å²) < 4.78 is 33.8. The van der Waals surface area contributed by atoms with Crippen LogP contribution in [-0.4, -0.2) is 31.1 Å². The molecular weight excluding hydrogens is 386 g/mol. The summed E-state index contributed by atoms with van der Waals surface area (Å²) in [5, 5.41) is 6.47. The van der Waals surface area contributed by atoms with Gasteiger partial charge in [-0.05, 0) is 55.5 Å². The highest BCUT2D eigenvalue weighted by Crippen LogP contribution is 2.29. The molecule has 2 bridgehead atoms. The normalized spacial score (nSPS) is 23.0. The lowest BCUT2D eigenvalue weighted by Crippen LogP contribution is -2.48. The van der Waals surface area contributed by atoms with E-state index in [1.165, 1.54) is 31.4 Å². The Hall–Kier alpha value is -2.18. The maximum atomic E-state index is 14.6. The fourth-order valence-electron chi connectivity index (χ4n) is 4.16. The molecular formula is C21H23ClF2N2O2. The van der Waals surface area contributed by atoms with Crippen LogP contribution in [0.1, 0.15) is 36.0 Å². The summed E-state index contributed by atoms with van der Waals surface area (Å²) in [5.41, 5.74) is 0.624. The quantitative estimate of drug-likeness (QED) is 0.801. The van der Waals surface area contributed by atoms with Crippen molar-refractivity contribution in [3.8, 4) is 16.9 Å². The molecule has 2 aliphatic rings. The van der Waals surface area contributed by atoms with Gasteiger partial charge in [0, 0.05) is 29.8 Å². The van der Waals surface area contributed by atoms with Crippen LogP contribution in [0.2, 0.25) is 0 Å². The number of ether oxygens (including phenoxy) is 1. The van der Waals surface area contributed by atoms with E-state index >= 15 is 0 Å². The molecule has 0 saturated carbocycles. The first-order valence-corrected chi connectivity index (χ1v) is 9.24. The largest absolute Gasteiger partial charge is 0.497 e. The number of benzene rings is 2. The number of hydrogen-bond donors (Lipinski definition) is 2. The van der Waals surface area contributed by atoms with E-state index in [-0.39, 0.29) is 29.6 Å². The second-order valence-electron chi connectivity index (χ2n) is 7.32. The number of nitrogens with one attached hydrogen (secondary N) is 2. The van der Waals surface area contributed by atoms with E-state index in [0.29, 0.717) is 23.4 Å². The minimum atomic E-state index is -0.655. The van der Waals surface area contributed by atoms with Crippen LogP contribution in [-0.2, 0) is 0 Å². The van der Waals surface area contributed by atoms with E-state index in [4.69, 9.17) is 4.74 Å². The number of carbonyl (C=O) groups is 1. The topological polar surface area (TPSA) is 50.4 Å². The molecule has 4 nitrogen and oxygen atoms in total. The first-order chi connectivity index (χ1) is 13.0. The summed E-state index contributed by atoms with van der Waals surface area (Å²) in [5.74, 6) is -1.18. The van der Waals surface area contributed by atoms with Gasteiger partial charge in [-0.2, -0.15) is 0 Å². The second kappa shape index (κ2) is 8.45. The lowest BCUT2D eigenvalue weighted by atomic mass is 9.98. The number of carbonyl (C=O) groups excluding carboxylic acids is 1. The summed E-state index contributed by atoms with van der Waals surface area (Å²) in [7, 11) is 1.45. The number of amides is 1. The number of fused-ring (bicyclic) bond motifs is 2. The first-order valence-electron chi connectivity index (χ1n) is 9.24. The number of methoxy groups -OCH3 is 1. The van der Waals surface area contributed by atoms with Crippen molar-refractivity contribution < 1.29 is 18.3 Å². The summed E-state index contributed by atoms with van der Waals surface area (Å²) >= 11 is 0. The van der Waals surface area contributed by atoms with E-state index in [0.717, 1.165) is 25.7 Å². The SMILES string of the molecule is COc1ccc(-c2ccc(C(=O)NC3CC4CCC(C3)N4)c(F)c2)c(F)c1.Cl. The van der Waals surface area contributed by atoms with Gasteiger partial charge in [-0.25, -0.2) is 8.78 Å². The molecule has 1 amide bonds. The van der Waals surface area contributed by atoms with Crippen LogP contribution >= 0.6 is 12.4 Å². The summed E-state index contributed by atoms with van der Waals surface area (Å²) in [6, 6.07) is 9.53. The van der Waals surface area contributed by atoms with Gasteiger partial charge in [0.15, 0.2) is 0 Å². The van der Waals surface area contributed by atoms with Gasteiger partial charge in [0.1, 0.15) is 17.4 Å². The molecule has 2 heterocycles. The van der Waals surface area contributed by atoms with Crippen molar-refractivity contribution in [3.05, 3.63) is 53.6 Å². The Morgan fingerprint density at radius 1 is 1.07 bits per heavy atom. The third kappa shape index (κ3) is 4.13. The molecule has 2 fully saturated rings. The highest BCUT2D eigenvalue weighted by Gasteiger charge is 2.34. The van der Waals surface area contributed by atoms with Gasteiger partial charge in [-0.1, -0.05) is 6.07 Å². The van der Waals surface area contributed by atoms with Crippen LogP contribution < -0.4 is 15.4 Å². The van der Waals surface area contributed by atoms with Gasteiger partial charge in [0.2, 0.25) is 0 Å². The molecule has 0 spiro atoms. The molecule has 2 aromatic rings. The van der Waals surface area contributed by atoms with Gasteiger partial charge in [0.05, 0.1) is 12.7 Å². The summed E-state index contributed by atoms with van der Waals surface area (Å²) in [6.07, 6.45) is 4.01. The Bertz CT molecular complexity index is 865. The maximum Gasteiger partial charge on any atom is 0.254 e. The molecule has 2 atom stereocenters. The molecule has 0 aliphatic carbocycles. The zero-order chi connectivity index (χ0) is 19.0. The van der Waals surface area contributed by atoms with E-state index < -0.39 is 17.5 Å². The standard InChI is InChI=1S/C21H22F2N2O2.ClH/c1-27-16-5-7-17(20(23)11-16)12-2-6-18(19(22)8-12)21(26)25-15-9-13-3-4-14(10-15)24-13;/h2,5-8,11,13-15,24H,3-4,9-10H2,1H3,(H,25,26);1H. The third-order valence-corrected chi connectivity index (χ3v) is 5.51. The molecule has 2 saturated heterocycles. The average Bonchev–Trinajstić information content (AvgIpc) is 2.99. The molecule has 2 unspecified atom stereocenters. The molecule has 0 radical (unpaired) electrons. The number of hydrogen-bond acceptors (Lipinski definition) is 3. The third-order valence-electron chi connectivity index (χ3n) is 5.51. The second-order valence-corrected chi connectivity index (χ2v) is 7.32. The predicted octanol–water partition coefficient (Wildman–Crippen LogP) is 4.08. The fraction of sp³-hybridized carbons (Fsp3) is 0.381. The molecule has 0 aromatic heterocycles. The zero-order valence-corrected chi connectivity index (χ0v) is 16.3. The van der Waals surface area contributed by atoms with Crippen molar-refractivity contribution in [1.29, 1.82) is 0 Å². The smallest absolute Gasteiger partial charge is 0.254 e. The Labute approximate surface area is 169 Å². The van der Waals surface area contributed by atoms with Gasteiger partial charge >= 0.3 is 0 Å². The summed E-state index contributed by atoms with van der Waals surface area (Å²) in [4.78, 5) is 12.5.